The summed E-state index contributed by atoms with van der Waals surface area (Å²) < 4.78 is 41.2. The number of nitrogens with two attached hydrogens (primary N) is 1. The lowest BCUT2D eigenvalue weighted by Crippen LogP contribution is -2.50. The van der Waals surface area contributed by atoms with Crippen LogP contribution in [-0.4, -0.2) is 55.5 Å². The van der Waals surface area contributed by atoms with Crippen molar-refractivity contribution in [3.8, 4) is 5.69 Å². The van der Waals surface area contributed by atoms with Gasteiger partial charge in [-0.25, -0.2) is 4.68 Å². The van der Waals surface area contributed by atoms with Gasteiger partial charge in [0.2, 0.25) is 11.8 Å². The lowest BCUT2D eigenvalue weighted by Gasteiger charge is -2.26. The number of benzene rings is 1. The van der Waals surface area contributed by atoms with E-state index in [1.165, 1.54) is 17.1 Å². The second-order valence-corrected chi connectivity index (χ2v) is 9.45. The number of nitrogens with zero attached hydrogens (tertiary/aromatic N) is 5. The van der Waals surface area contributed by atoms with Gasteiger partial charge in [-0.3, -0.25) is 19.8 Å². The first kappa shape index (κ1) is 24.8. The predicted molar refractivity (Wildman–Crippen MR) is 113 cm³/mol. The van der Waals surface area contributed by atoms with Crippen molar-refractivity contribution < 1.29 is 22.8 Å². The molecule has 1 fully saturated rings. The summed E-state index contributed by atoms with van der Waals surface area (Å²) in [7, 11) is 0. The minimum absolute atomic E-state index is 0.0550. The summed E-state index contributed by atoms with van der Waals surface area (Å²) in [4.78, 5) is 27.0. The van der Waals surface area contributed by atoms with E-state index < -0.39 is 35.6 Å². The van der Waals surface area contributed by atoms with Crippen LogP contribution in [0.5, 0.6) is 0 Å². The summed E-state index contributed by atoms with van der Waals surface area (Å²) in [6.45, 7) is 6.37. The molecule has 2 atom stereocenters. The smallest absolute Gasteiger partial charge is 0.320 e. The van der Waals surface area contributed by atoms with Crippen LogP contribution in [0, 0.1) is 5.41 Å². The molecule has 1 saturated heterocycles. The van der Waals surface area contributed by atoms with Gasteiger partial charge in [0.25, 0.3) is 0 Å². The minimum atomic E-state index is -4.52. The van der Waals surface area contributed by atoms with Crippen LogP contribution in [0.3, 0.4) is 0 Å². The monoisotopic (exact) mass is 467 g/mol. The summed E-state index contributed by atoms with van der Waals surface area (Å²) in [6.07, 6.45) is -1.69. The highest BCUT2D eigenvalue weighted by molar-refractivity contribution is 6.00. The van der Waals surface area contributed by atoms with Crippen molar-refractivity contribution >= 4 is 11.8 Å². The van der Waals surface area contributed by atoms with Gasteiger partial charge in [-0.05, 0) is 65.4 Å². The van der Waals surface area contributed by atoms with E-state index in [1.807, 2.05) is 20.8 Å². The molecule has 0 saturated carbocycles. The van der Waals surface area contributed by atoms with E-state index in [2.05, 4.69) is 20.8 Å². The van der Waals surface area contributed by atoms with Gasteiger partial charge >= 0.3 is 6.18 Å². The minimum Gasteiger partial charge on any atom is -0.320 e. The van der Waals surface area contributed by atoms with Crippen molar-refractivity contribution in [3.63, 3.8) is 0 Å². The Morgan fingerprint density at radius 2 is 2.00 bits per heavy atom. The third kappa shape index (κ3) is 6.35. The molecule has 3 rings (SSSR count). The zero-order valence-corrected chi connectivity index (χ0v) is 18.8. The van der Waals surface area contributed by atoms with Gasteiger partial charge < -0.3 is 5.73 Å². The first-order valence-electron chi connectivity index (χ1n) is 10.6. The largest absolute Gasteiger partial charge is 0.416 e. The van der Waals surface area contributed by atoms with E-state index in [4.69, 9.17) is 5.73 Å². The topological polar surface area (TPSA) is 119 Å². The van der Waals surface area contributed by atoms with Gasteiger partial charge in [0.05, 0.1) is 23.3 Å². The van der Waals surface area contributed by atoms with Crippen molar-refractivity contribution in [2.45, 2.75) is 64.8 Å². The Balaban J connectivity index is 1.78. The Morgan fingerprint density at radius 1 is 1.27 bits per heavy atom. The zero-order valence-electron chi connectivity index (χ0n) is 18.8. The second kappa shape index (κ2) is 9.56. The maximum Gasteiger partial charge on any atom is 0.416 e. The quantitative estimate of drug-likeness (QED) is 0.667. The van der Waals surface area contributed by atoms with Crippen LogP contribution >= 0.6 is 0 Å². The van der Waals surface area contributed by atoms with Crippen molar-refractivity contribution in [2.24, 2.45) is 11.1 Å². The van der Waals surface area contributed by atoms with Gasteiger partial charge in [-0.1, -0.05) is 20.8 Å². The Labute approximate surface area is 189 Å². The van der Waals surface area contributed by atoms with E-state index in [0.29, 0.717) is 37.1 Å². The molecule has 0 spiro atoms. The fourth-order valence-corrected chi connectivity index (χ4v) is 3.96. The van der Waals surface area contributed by atoms with Crippen LogP contribution in [0.1, 0.15) is 51.2 Å². The maximum atomic E-state index is 13.3. The molecule has 1 aromatic heterocycles. The lowest BCUT2D eigenvalue weighted by molar-refractivity contribution is -0.138. The van der Waals surface area contributed by atoms with Gasteiger partial charge in [0, 0.05) is 6.54 Å². The number of carbonyl (C=O) groups excluding carboxylic acids is 2. The lowest BCUT2D eigenvalue weighted by atomic mass is 9.88. The van der Waals surface area contributed by atoms with E-state index in [1.54, 1.807) is 4.90 Å². The van der Waals surface area contributed by atoms with Crippen LogP contribution in [-0.2, 0) is 22.3 Å². The molecular weight excluding hydrogens is 439 g/mol. The number of imide groups is 1. The number of tetrazole rings is 1. The third-order valence-corrected chi connectivity index (χ3v) is 5.46. The van der Waals surface area contributed by atoms with Gasteiger partial charge in [0.1, 0.15) is 6.33 Å². The average Bonchev–Trinajstić information content (AvgIpc) is 3.38. The molecule has 0 unspecified atom stereocenters. The molecule has 3 N–H and O–H groups in total. The Bertz CT molecular complexity index is 987. The fraction of sp³-hybridized carbons (Fsp3) is 0.571. The summed E-state index contributed by atoms with van der Waals surface area (Å²) >= 11 is 0. The number of hydrogen-bond acceptors (Lipinski definition) is 7. The fourth-order valence-electron chi connectivity index (χ4n) is 3.96. The van der Waals surface area contributed by atoms with E-state index in [0.717, 1.165) is 12.1 Å². The molecule has 1 aromatic carbocycles. The second-order valence-electron chi connectivity index (χ2n) is 9.45. The van der Waals surface area contributed by atoms with Crippen LogP contribution < -0.4 is 11.1 Å². The molecule has 12 heteroatoms. The molecule has 2 amide bonds. The standard InChI is InChI=1S/C21H28F3N7O2/c1-20(2,3)10-15(25)18(32)27-19(33)17-5-4-8-30(17)11-13-9-14(21(22,23)24)6-7-16(13)31-12-26-28-29-31/h6-7,9,12,15,17H,4-5,8,10-11,25H2,1-3H3,(H,27,32,33)/t15-,17+/m1/s1. The highest BCUT2D eigenvalue weighted by atomic mass is 19.4. The van der Waals surface area contributed by atoms with Gasteiger partial charge in [-0.2, -0.15) is 13.2 Å². The van der Waals surface area contributed by atoms with E-state index in [9.17, 15) is 22.8 Å². The number of rotatable bonds is 6. The summed E-state index contributed by atoms with van der Waals surface area (Å²) in [5.74, 6) is -1.06. The number of nitrogens with one attached hydrogen (secondary N) is 1. The van der Waals surface area contributed by atoms with Crippen molar-refractivity contribution in [1.82, 2.24) is 30.4 Å². The normalized spacial score (nSPS) is 18.3. The number of halogens is 3. The summed E-state index contributed by atoms with van der Waals surface area (Å²) in [5.41, 5.74) is 5.63. The number of amides is 2. The van der Waals surface area contributed by atoms with Crippen molar-refractivity contribution in [1.29, 1.82) is 0 Å². The molecule has 2 heterocycles. The summed E-state index contributed by atoms with van der Waals surface area (Å²) in [5, 5.41) is 13.2. The Kier molecular flexibility index (Phi) is 7.17. The van der Waals surface area contributed by atoms with E-state index >= 15 is 0 Å². The first-order chi connectivity index (χ1) is 15.3. The zero-order chi connectivity index (χ0) is 24.4. The molecule has 0 aliphatic carbocycles. The molecule has 33 heavy (non-hydrogen) atoms. The van der Waals surface area contributed by atoms with Crippen LogP contribution in [0.2, 0.25) is 0 Å². The van der Waals surface area contributed by atoms with Crippen LogP contribution in [0.25, 0.3) is 5.69 Å². The Morgan fingerprint density at radius 3 is 2.61 bits per heavy atom. The molecule has 0 radical (unpaired) electrons. The maximum absolute atomic E-state index is 13.3. The van der Waals surface area contributed by atoms with Crippen LogP contribution in [0.15, 0.2) is 24.5 Å². The third-order valence-electron chi connectivity index (χ3n) is 5.46. The predicted octanol–water partition coefficient (Wildman–Crippen LogP) is 2.05. The average molecular weight is 467 g/mol. The molecule has 9 nitrogen and oxygen atoms in total. The number of likely N-dealkylation sites (tertiary alicyclic amines) is 1. The Hall–Kier alpha value is -2.86. The van der Waals surface area contributed by atoms with Crippen molar-refractivity contribution in [3.05, 3.63) is 35.7 Å². The van der Waals surface area contributed by atoms with Crippen LogP contribution in [0.4, 0.5) is 13.2 Å². The first-order valence-corrected chi connectivity index (χ1v) is 10.6. The number of hydrogen-bond donors (Lipinski definition) is 2. The molecule has 180 valence electrons. The highest BCUT2D eigenvalue weighted by Gasteiger charge is 2.35. The SMILES string of the molecule is CC(C)(C)C[C@@H](N)C(=O)NC(=O)[C@@H]1CCCN1Cc1cc(C(F)(F)F)ccc1-n1cnnn1. The molecular formula is C21H28F3N7O2. The number of carbonyl (C=O) groups is 2. The van der Waals surface area contributed by atoms with Gasteiger partial charge in [0.15, 0.2) is 0 Å². The molecule has 2 aromatic rings. The molecule has 1 aliphatic rings. The van der Waals surface area contributed by atoms with Gasteiger partial charge in [-0.15, -0.1) is 5.10 Å². The number of aromatic nitrogens is 4. The van der Waals surface area contributed by atoms with E-state index in [-0.39, 0.29) is 12.0 Å². The summed E-state index contributed by atoms with van der Waals surface area (Å²) in [6, 6.07) is 1.80. The number of alkyl halides is 3. The highest BCUT2D eigenvalue weighted by Crippen LogP contribution is 2.32. The molecule has 1 aliphatic heterocycles. The van der Waals surface area contributed by atoms with Crippen molar-refractivity contribution in [2.75, 3.05) is 6.54 Å². The molecule has 0 bridgehead atoms.